The maximum Gasteiger partial charge on any atom is 0.320 e. The third-order valence-electron chi connectivity index (χ3n) is 2.17. The molecule has 0 heterocycles. The lowest BCUT2D eigenvalue weighted by Crippen LogP contribution is -2.32. The Morgan fingerprint density at radius 3 is 2.78 bits per heavy atom. The lowest BCUT2D eigenvalue weighted by molar-refractivity contribution is -0.153. The van der Waals surface area contributed by atoms with Gasteiger partial charge in [-0.3, -0.25) is 4.79 Å². The molecular formula is C15H21NO2. The number of hydrogen-bond donors (Lipinski definition) is 1. The smallest absolute Gasteiger partial charge is 0.320 e. The summed E-state index contributed by atoms with van der Waals surface area (Å²) >= 11 is 0. The van der Waals surface area contributed by atoms with Crippen LogP contribution in [0.5, 0.6) is 0 Å². The first-order chi connectivity index (χ1) is 8.37. The second-order valence-electron chi connectivity index (χ2n) is 5.27. The van der Waals surface area contributed by atoms with Crippen LogP contribution in [0.3, 0.4) is 0 Å². The predicted molar refractivity (Wildman–Crippen MR) is 73.2 cm³/mol. The zero-order valence-corrected chi connectivity index (χ0v) is 11.5. The molecule has 18 heavy (non-hydrogen) atoms. The molecule has 0 bridgehead atoms. The van der Waals surface area contributed by atoms with E-state index in [0.717, 1.165) is 5.57 Å². The highest BCUT2D eigenvalue weighted by Gasteiger charge is 2.15. The Morgan fingerprint density at radius 2 is 2.11 bits per heavy atom. The van der Waals surface area contributed by atoms with Gasteiger partial charge in [0.15, 0.2) is 0 Å². The van der Waals surface area contributed by atoms with Crippen molar-refractivity contribution in [1.82, 2.24) is 5.32 Å². The highest BCUT2D eigenvalue weighted by molar-refractivity contribution is 5.72. The number of carbonyl (C=O) groups is 1. The van der Waals surface area contributed by atoms with Crippen LogP contribution in [0.4, 0.5) is 0 Å². The topological polar surface area (TPSA) is 38.3 Å². The van der Waals surface area contributed by atoms with Gasteiger partial charge < -0.3 is 10.1 Å². The van der Waals surface area contributed by atoms with Crippen LogP contribution in [0, 0.1) is 0 Å². The molecule has 1 aliphatic carbocycles. The van der Waals surface area contributed by atoms with Crippen molar-refractivity contribution >= 4 is 5.97 Å². The number of carbonyl (C=O) groups excluding carboxylic acids is 1. The van der Waals surface area contributed by atoms with Gasteiger partial charge in [-0.05, 0) is 39.8 Å². The molecule has 0 aliphatic heterocycles. The van der Waals surface area contributed by atoms with Crippen molar-refractivity contribution in [2.75, 3.05) is 13.1 Å². The summed E-state index contributed by atoms with van der Waals surface area (Å²) in [6, 6.07) is 0. The summed E-state index contributed by atoms with van der Waals surface area (Å²) in [5, 5.41) is 3.05. The maximum atomic E-state index is 11.5. The van der Waals surface area contributed by atoms with E-state index in [9.17, 15) is 4.79 Å². The van der Waals surface area contributed by atoms with Gasteiger partial charge in [-0.25, -0.2) is 0 Å². The number of hydrogen-bond acceptors (Lipinski definition) is 3. The SMILES string of the molecule is CC1=CC=C=C(CNCC(=O)OC(C)(C)C)C=C1. The first-order valence-electron chi connectivity index (χ1n) is 6.10. The highest BCUT2D eigenvalue weighted by atomic mass is 16.6. The summed E-state index contributed by atoms with van der Waals surface area (Å²) in [4.78, 5) is 11.5. The minimum absolute atomic E-state index is 0.211. The molecule has 0 fully saturated rings. The van der Waals surface area contributed by atoms with Crippen molar-refractivity contribution in [1.29, 1.82) is 0 Å². The van der Waals surface area contributed by atoms with Crippen LogP contribution in [0.1, 0.15) is 27.7 Å². The van der Waals surface area contributed by atoms with Crippen molar-refractivity contribution in [3.63, 3.8) is 0 Å². The molecule has 0 saturated heterocycles. The van der Waals surface area contributed by atoms with Crippen molar-refractivity contribution in [3.05, 3.63) is 41.2 Å². The summed E-state index contributed by atoms with van der Waals surface area (Å²) in [6.45, 7) is 8.43. The van der Waals surface area contributed by atoms with Crippen LogP contribution in [0.2, 0.25) is 0 Å². The van der Waals surface area contributed by atoms with Crippen LogP contribution in [0.25, 0.3) is 0 Å². The van der Waals surface area contributed by atoms with E-state index >= 15 is 0 Å². The normalized spacial score (nSPS) is 14.9. The average Bonchev–Trinajstić information content (AvgIpc) is 2.41. The first kappa shape index (κ1) is 14.5. The van der Waals surface area contributed by atoms with Crippen LogP contribution >= 0.6 is 0 Å². The van der Waals surface area contributed by atoms with E-state index in [4.69, 9.17) is 4.74 Å². The monoisotopic (exact) mass is 247 g/mol. The van der Waals surface area contributed by atoms with Crippen molar-refractivity contribution in [3.8, 4) is 0 Å². The second-order valence-corrected chi connectivity index (χ2v) is 5.27. The number of allylic oxidation sites excluding steroid dienone is 3. The standard InChI is InChI=1S/C15H21NO2/c1-12-6-5-7-13(9-8-12)10-16-11-14(17)18-15(2,3)4/h5-6,8-9,16H,10-11H2,1-4H3. The Balaban J connectivity index is 2.33. The van der Waals surface area contributed by atoms with Gasteiger partial charge in [0, 0.05) is 12.1 Å². The second kappa shape index (κ2) is 6.39. The Labute approximate surface area is 109 Å². The Hall–Kier alpha value is -1.57. The van der Waals surface area contributed by atoms with Gasteiger partial charge in [-0.2, -0.15) is 0 Å². The molecule has 98 valence electrons. The molecule has 0 unspecified atom stereocenters. The largest absolute Gasteiger partial charge is 0.459 e. The van der Waals surface area contributed by atoms with Gasteiger partial charge in [0.25, 0.3) is 0 Å². The molecule has 0 aromatic rings. The van der Waals surface area contributed by atoms with E-state index in [1.165, 1.54) is 5.57 Å². The fourth-order valence-corrected chi connectivity index (χ4v) is 1.40. The molecule has 0 amide bonds. The lowest BCUT2D eigenvalue weighted by atomic mass is 10.2. The molecule has 3 heteroatoms. The van der Waals surface area contributed by atoms with Crippen LogP contribution in [-0.4, -0.2) is 24.7 Å². The summed E-state index contributed by atoms with van der Waals surface area (Å²) in [5.41, 5.74) is 4.92. The highest BCUT2D eigenvalue weighted by Crippen LogP contribution is 2.07. The number of rotatable bonds is 4. The van der Waals surface area contributed by atoms with E-state index in [1.54, 1.807) is 0 Å². The van der Waals surface area contributed by atoms with Gasteiger partial charge in [0.2, 0.25) is 0 Å². The van der Waals surface area contributed by atoms with Crippen LogP contribution in [-0.2, 0) is 9.53 Å². The predicted octanol–water partition coefficient (Wildman–Crippen LogP) is 2.52. The Kier molecular flexibility index (Phi) is 5.14. The molecule has 0 aromatic heterocycles. The molecular weight excluding hydrogens is 226 g/mol. The van der Waals surface area contributed by atoms with E-state index in [2.05, 4.69) is 11.0 Å². The fourth-order valence-electron chi connectivity index (χ4n) is 1.40. The number of ether oxygens (including phenoxy) is 1. The van der Waals surface area contributed by atoms with Gasteiger partial charge in [0.1, 0.15) is 5.60 Å². The van der Waals surface area contributed by atoms with Crippen molar-refractivity contribution < 1.29 is 9.53 Å². The number of nitrogens with one attached hydrogen (secondary N) is 1. The van der Waals surface area contributed by atoms with E-state index in [-0.39, 0.29) is 12.5 Å². The quantitative estimate of drug-likeness (QED) is 0.613. The van der Waals surface area contributed by atoms with Crippen LogP contribution in [0.15, 0.2) is 41.2 Å². The molecule has 0 aromatic carbocycles. The zero-order valence-electron chi connectivity index (χ0n) is 11.5. The average molecular weight is 247 g/mol. The van der Waals surface area contributed by atoms with E-state index in [0.29, 0.717) is 6.54 Å². The van der Waals surface area contributed by atoms with Crippen LogP contribution < -0.4 is 5.32 Å². The van der Waals surface area contributed by atoms with Gasteiger partial charge >= 0.3 is 5.97 Å². The summed E-state index contributed by atoms with van der Waals surface area (Å²) < 4.78 is 5.20. The van der Waals surface area contributed by atoms with Crippen molar-refractivity contribution in [2.24, 2.45) is 0 Å². The molecule has 0 radical (unpaired) electrons. The molecule has 0 atom stereocenters. The lowest BCUT2D eigenvalue weighted by Gasteiger charge is -2.19. The molecule has 0 spiro atoms. The van der Waals surface area contributed by atoms with Gasteiger partial charge in [0.05, 0.1) is 6.54 Å². The number of esters is 1. The summed E-state index contributed by atoms with van der Waals surface area (Å²) in [5.74, 6) is -0.237. The van der Waals surface area contributed by atoms with Gasteiger partial charge in [-0.15, -0.1) is 5.73 Å². The van der Waals surface area contributed by atoms with Gasteiger partial charge in [-0.1, -0.05) is 17.7 Å². The van der Waals surface area contributed by atoms with E-state index in [1.807, 2.05) is 52.0 Å². The first-order valence-corrected chi connectivity index (χ1v) is 6.10. The minimum Gasteiger partial charge on any atom is -0.459 e. The Bertz CT molecular complexity index is 430. The third kappa shape index (κ3) is 6.24. The maximum absolute atomic E-state index is 11.5. The molecule has 1 N–H and O–H groups in total. The summed E-state index contributed by atoms with van der Waals surface area (Å²) in [6.07, 6.45) is 7.91. The molecule has 1 aliphatic rings. The minimum atomic E-state index is -0.429. The van der Waals surface area contributed by atoms with Crippen molar-refractivity contribution in [2.45, 2.75) is 33.3 Å². The fraction of sp³-hybridized carbons (Fsp3) is 0.467. The molecule has 0 saturated carbocycles. The van der Waals surface area contributed by atoms with E-state index < -0.39 is 5.60 Å². The molecule has 3 nitrogen and oxygen atoms in total. The summed E-state index contributed by atoms with van der Waals surface area (Å²) in [7, 11) is 0. The molecule has 1 rings (SSSR count). The Morgan fingerprint density at radius 1 is 1.39 bits per heavy atom. The zero-order chi connectivity index (χ0) is 13.6. The third-order valence-corrected chi connectivity index (χ3v) is 2.17.